The molecule has 0 unspecified atom stereocenters. The molecule has 116 valence electrons. The maximum absolute atomic E-state index is 12.3. The topological polar surface area (TPSA) is 53.2 Å². The number of aryl methyl sites for hydroxylation is 1. The monoisotopic (exact) mass is 298 g/mol. The second-order valence-corrected chi connectivity index (χ2v) is 6.30. The molecule has 0 spiro atoms. The number of hydrogen-bond acceptors (Lipinski definition) is 2. The summed E-state index contributed by atoms with van der Waals surface area (Å²) in [6, 6.07) is 8.17. The molecule has 1 aromatic heterocycles. The van der Waals surface area contributed by atoms with E-state index in [0.717, 1.165) is 29.3 Å². The van der Waals surface area contributed by atoms with Crippen LogP contribution in [-0.4, -0.2) is 21.8 Å². The molecule has 3 rings (SSSR count). The summed E-state index contributed by atoms with van der Waals surface area (Å²) in [5.41, 5.74) is 2.57. The Morgan fingerprint density at radius 2 is 2.00 bits per heavy atom. The quantitative estimate of drug-likeness (QED) is 0.946. The molecule has 4 heteroatoms. The van der Waals surface area contributed by atoms with Crippen LogP contribution >= 0.6 is 0 Å². The van der Waals surface area contributed by atoms with Gasteiger partial charge >= 0.3 is 0 Å². The van der Waals surface area contributed by atoms with Crippen molar-refractivity contribution >= 4 is 16.8 Å². The lowest BCUT2D eigenvalue weighted by Gasteiger charge is -2.27. The van der Waals surface area contributed by atoms with Crippen molar-refractivity contribution in [3.8, 4) is 0 Å². The molecule has 1 aliphatic rings. The van der Waals surface area contributed by atoms with Crippen LogP contribution in [-0.2, 0) is 11.3 Å². The summed E-state index contributed by atoms with van der Waals surface area (Å²) in [5.74, 6) is 0.0515. The molecule has 1 heterocycles. The molecule has 4 nitrogen and oxygen atoms in total. The second-order valence-electron chi connectivity index (χ2n) is 6.30. The number of rotatable bonds is 3. The highest BCUT2D eigenvalue weighted by Gasteiger charge is 2.25. The zero-order valence-corrected chi connectivity index (χ0v) is 13.2. The minimum absolute atomic E-state index is 0.0515. The van der Waals surface area contributed by atoms with Crippen LogP contribution in [0.5, 0.6) is 0 Å². The van der Waals surface area contributed by atoms with E-state index in [0.29, 0.717) is 12.1 Å². The highest BCUT2D eigenvalue weighted by molar-refractivity contribution is 5.80. The van der Waals surface area contributed by atoms with Gasteiger partial charge in [-0.3, -0.25) is 9.59 Å². The van der Waals surface area contributed by atoms with Crippen LogP contribution in [0.2, 0.25) is 0 Å². The lowest BCUT2D eigenvalue weighted by molar-refractivity contribution is -0.131. The van der Waals surface area contributed by atoms with E-state index >= 15 is 0 Å². The maximum Gasteiger partial charge on any atom is 0.253 e. The zero-order valence-electron chi connectivity index (χ0n) is 13.2. The number of pyridine rings is 1. The molecule has 1 fully saturated rings. The van der Waals surface area contributed by atoms with Crippen molar-refractivity contribution in [3.05, 3.63) is 45.7 Å². The minimum Gasteiger partial charge on any atom is -0.335 e. The summed E-state index contributed by atoms with van der Waals surface area (Å²) >= 11 is 0. The van der Waals surface area contributed by atoms with Crippen molar-refractivity contribution in [2.24, 2.45) is 0 Å². The van der Waals surface area contributed by atoms with Gasteiger partial charge in [-0.1, -0.05) is 24.5 Å². The molecule has 0 bridgehead atoms. The highest BCUT2D eigenvalue weighted by Crippen LogP contribution is 2.25. The van der Waals surface area contributed by atoms with Crippen LogP contribution in [0.3, 0.4) is 0 Å². The standard InChI is InChI=1S/C18H22N2O2/c1-12-7-8-17-14(9-12)10-15(18(22)19-17)11-20(13(2)21)16-5-3-4-6-16/h7-10,16H,3-6,11H2,1-2H3,(H,19,22). The number of amides is 1. The predicted octanol–water partition coefficient (Wildman–Crippen LogP) is 3.13. The molecule has 0 saturated heterocycles. The van der Waals surface area contributed by atoms with Gasteiger partial charge in [-0.2, -0.15) is 0 Å². The number of aromatic amines is 1. The van der Waals surface area contributed by atoms with Gasteiger partial charge < -0.3 is 9.88 Å². The highest BCUT2D eigenvalue weighted by atomic mass is 16.2. The molecule has 0 radical (unpaired) electrons. The zero-order chi connectivity index (χ0) is 15.7. The van der Waals surface area contributed by atoms with Gasteiger partial charge in [-0.25, -0.2) is 0 Å². The van der Waals surface area contributed by atoms with E-state index in [9.17, 15) is 9.59 Å². The molecule has 2 aromatic rings. The number of H-pyrrole nitrogens is 1. The largest absolute Gasteiger partial charge is 0.335 e. The predicted molar refractivity (Wildman–Crippen MR) is 87.8 cm³/mol. The fraction of sp³-hybridized carbons (Fsp3) is 0.444. The molecular formula is C18H22N2O2. The van der Waals surface area contributed by atoms with Gasteiger partial charge in [0.15, 0.2) is 0 Å². The summed E-state index contributed by atoms with van der Waals surface area (Å²) in [6.07, 6.45) is 4.43. The minimum atomic E-state index is -0.0967. The Labute approximate surface area is 130 Å². The first-order valence-electron chi connectivity index (χ1n) is 7.94. The number of fused-ring (bicyclic) bond motifs is 1. The van der Waals surface area contributed by atoms with Crippen LogP contribution in [0.15, 0.2) is 29.1 Å². The molecular weight excluding hydrogens is 276 g/mol. The fourth-order valence-electron chi connectivity index (χ4n) is 3.39. The van der Waals surface area contributed by atoms with Crippen molar-refractivity contribution < 1.29 is 4.79 Å². The molecule has 1 saturated carbocycles. The van der Waals surface area contributed by atoms with Crippen LogP contribution in [0.25, 0.3) is 10.9 Å². The van der Waals surface area contributed by atoms with Gasteiger partial charge in [-0.05, 0) is 43.4 Å². The van der Waals surface area contributed by atoms with Crippen LogP contribution < -0.4 is 5.56 Å². The number of nitrogens with one attached hydrogen (secondary N) is 1. The van der Waals surface area contributed by atoms with Crippen molar-refractivity contribution in [1.82, 2.24) is 9.88 Å². The van der Waals surface area contributed by atoms with E-state index < -0.39 is 0 Å². The van der Waals surface area contributed by atoms with E-state index in [4.69, 9.17) is 0 Å². The van der Waals surface area contributed by atoms with Gasteiger partial charge in [0.1, 0.15) is 0 Å². The van der Waals surface area contributed by atoms with Crippen molar-refractivity contribution in [2.75, 3.05) is 0 Å². The van der Waals surface area contributed by atoms with E-state index in [-0.39, 0.29) is 17.5 Å². The Kier molecular flexibility index (Phi) is 4.01. The summed E-state index contributed by atoms with van der Waals surface area (Å²) in [4.78, 5) is 29.1. The molecule has 22 heavy (non-hydrogen) atoms. The van der Waals surface area contributed by atoms with Gasteiger partial charge in [0.2, 0.25) is 5.91 Å². The van der Waals surface area contributed by atoms with Crippen molar-refractivity contribution in [3.63, 3.8) is 0 Å². The molecule has 1 amide bonds. The van der Waals surface area contributed by atoms with Crippen LogP contribution in [0, 0.1) is 6.92 Å². The fourth-order valence-corrected chi connectivity index (χ4v) is 3.39. The summed E-state index contributed by atoms with van der Waals surface area (Å²) < 4.78 is 0. The molecule has 1 aromatic carbocycles. The lowest BCUT2D eigenvalue weighted by Crippen LogP contribution is -2.38. The second kappa shape index (κ2) is 5.95. The van der Waals surface area contributed by atoms with E-state index in [1.165, 1.54) is 12.8 Å². The normalized spacial score (nSPS) is 15.4. The number of carbonyl (C=O) groups is 1. The number of nitrogens with zero attached hydrogens (tertiary/aromatic N) is 1. The Hall–Kier alpha value is -2.10. The molecule has 0 aliphatic heterocycles. The van der Waals surface area contributed by atoms with E-state index in [2.05, 4.69) is 11.1 Å². The van der Waals surface area contributed by atoms with Gasteiger partial charge in [0.25, 0.3) is 5.56 Å². The third-order valence-electron chi connectivity index (χ3n) is 4.59. The number of benzene rings is 1. The smallest absolute Gasteiger partial charge is 0.253 e. The Balaban J connectivity index is 1.95. The number of aromatic nitrogens is 1. The van der Waals surface area contributed by atoms with Crippen LogP contribution in [0.4, 0.5) is 0 Å². The van der Waals surface area contributed by atoms with E-state index in [1.54, 1.807) is 6.92 Å². The van der Waals surface area contributed by atoms with Crippen molar-refractivity contribution in [2.45, 2.75) is 52.1 Å². The maximum atomic E-state index is 12.3. The van der Waals surface area contributed by atoms with E-state index in [1.807, 2.05) is 30.0 Å². The Morgan fingerprint density at radius 1 is 1.27 bits per heavy atom. The lowest BCUT2D eigenvalue weighted by atomic mass is 10.1. The number of carbonyl (C=O) groups excluding carboxylic acids is 1. The summed E-state index contributed by atoms with van der Waals surface area (Å²) in [7, 11) is 0. The van der Waals surface area contributed by atoms with Crippen molar-refractivity contribution in [1.29, 1.82) is 0 Å². The third-order valence-corrected chi connectivity index (χ3v) is 4.59. The summed E-state index contributed by atoms with van der Waals surface area (Å²) in [5, 5.41) is 1.02. The Morgan fingerprint density at radius 3 is 2.68 bits per heavy atom. The SMILES string of the molecule is CC(=O)N(Cc1cc2cc(C)ccc2[nH]c1=O)C1CCCC1. The van der Waals surface area contributed by atoms with Gasteiger partial charge in [-0.15, -0.1) is 0 Å². The van der Waals surface area contributed by atoms with Gasteiger partial charge in [0, 0.05) is 24.0 Å². The molecule has 1 aliphatic carbocycles. The summed E-state index contributed by atoms with van der Waals surface area (Å²) in [6.45, 7) is 4.03. The Bertz CT molecular complexity index is 757. The third kappa shape index (κ3) is 2.91. The first-order valence-corrected chi connectivity index (χ1v) is 7.94. The average molecular weight is 298 g/mol. The molecule has 1 N–H and O–H groups in total. The molecule has 0 atom stereocenters. The van der Waals surface area contributed by atoms with Gasteiger partial charge in [0.05, 0.1) is 6.54 Å². The van der Waals surface area contributed by atoms with Crippen LogP contribution in [0.1, 0.15) is 43.7 Å². The number of hydrogen-bond donors (Lipinski definition) is 1. The first-order chi connectivity index (χ1) is 10.5. The average Bonchev–Trinajstić information content (AvgIpc) is 2.99. The first kappa shape index (κ1) is 14.8.